The number of rotatable bonds is 3. The average Bonchev–Trinajstić information content (AvgIpc) is 3.03. The maximum Gasteiger partial charge on any atom is 0.230 e. The lowest BCUT2D eigenvalue weighted by atomic mass is 9.46. The highest BCUT2D eigenvalue weighted by Gasteiger charge is 2.61. The van der Waals surface area contributed by atoms with Crippen molar-refractivity contribution in [2.45, 2.75) is 44.1 Å². The summed E-state index contributed by atoms with van der Waals surface area (Å²) in [5.74, 6) is 1.37. The highest BCUT2D eigenvalue weighted by molar-refractivity contribution is 9.10. The van der Waals surface area contributed by atoms with Crippen molar-refractivity contribution in [3.8, 4) is 0 Å². The maximum atomic E-state index is 13.4. The molecule has 4 aliphatic carbocycles. The van der Waals surface area contributed by atoms with Gasteiger partial charge in [0.1, 0.15) is 6.33 Å². The topological polar surface area (TPSA) is 59.8 Å². The minimum absolute atomic E-state index is 0.0611. The minimum Gasteiger partial charge on any atom is -0.325 e. The Kier molecular flexibility index (Phi) is 3.84. The number of anilines is 1. The van der Waals surface area contributed by atoms with Crippen LogP contribution in [-0.4, -0.2) is 20.7 Å². The van der Waals surface area contributed by atoms with Gasteiger partial charge in [0.25, 0.3) is 0 Å². The van der Waals surface area contributed by atoms with Crippen LogP contribution < -0.4 is 5.32 Å². The highest BCUT2D eigenvalue weighted by atomic mass is 79.9. The Hall–Kier alpha value is -1.21. The number of para-hydroxylation sites is 1. The van der Waals surface area contributed by atoms with E-state index in [1.165, 1.54) is 6.42 Å². The lowest BCUT2D eigenvalue weighted by molar-refractivity contribution is -0.150. The summed E-state index contributed by atoms with van der Waals surface area (Å²) in [5, 5.41) is 7.77. The van der Waals surface area contributed by atoms with E-state index < -0.39 is 0 Å². The first-order valence-corrected chi connectivity index (χ1v) is 10.7. The third kappa shape index (κ3) is 2.58. The number of halogens is 2. The van der Waals surface area contributed by atoms with Crippen LogP contribution in [0.15, 0.2) is 39.8 Å². The van der Waals surface area contributed by atoms with Crippen molar-refractivity contribution >= 4 is 43.5 Å². The number of hydrogen-bond donors (Lipinski definition) is 1. The Morgan fingerprint density at radius 2 is 1.88 bits per heavy atom. The van der Waals surface area contributed by atoms with Gasteiger partial charge in [0.05, 0.1) is 16.6 Å². The molecule has 136 valence electrons. The van der Waals surface area contributed by atoms with Crippen LogP contribution in [0.3, 0.4) is 0 Å². The molecule has 1 aromatic carbocycles. The van der Waals surface area contributed by atoms with Gasteiger partial charge in [0, 0.05) is 4.47 Å². The van der Waals surface area contributed by atoms with Crippen LogP contribution in [0.1, 0.15) is 38.5 Å². The van der Waals surface area contributed by atoms with Crippen molar-refractivity contribution in [1.29, 1.82) is 0 Å². The summed E-state index contributed by atoms with van der Waals surface area (Å²) in [7, 11) is 0. The van der Waals surface area contributed by atoms with Crippen LogP contribution in [0, 0.1) is 17.3 Å². The van der Waals surface area contributed by atoms with Gasteiger partial charge in [-0.15, -0.1) is 5.10 Å². The highest BCUT2D eigenvalue weighted by Crippen LogP contribution is 2.64. The second-order valence-corrected chi connectivity index (χ2v) is 9.92. The third-order valence-electron chi connectivity index (χ3n) is 6.58. The van der Waals surface area contributed by atoms with E-state index in [1.807, 2.05) is 35.3 Å². The summed E-state index contributed by atoms with van der Waals surface area (Å²) < 4.78 is 3.59. The first kappa shape index (κ1) is 16.9. The van der Waals surface area contributed by atoms with Crippen molar-refractivity contribution in [2.24, 2.45) is 17.3 Å². The van der Waals surface area contributed by atoms with E-state index in [-0.39, 0.29) is 16.9 Å². The van der Waals surface area contributed by atoms with Crippen molar-refractivity contribution in [3.05, 3.63) is 39.8 Å². The van der Waals surface area contributed by atoms with Crippen molar-refractivity contribution in [2.75, 3.05) is 5.32 Å². The summed E-state index contributed by atoms with van der Waals surface area (Å²) in [6.45, 7) is 0. The van der Waals surface area contributed by atoms with E-state index in [4.69, 9.17) is 0 Å². The number of hydrogen-bond acceptors (Lipinski definition) is 3. The molecular formula is C19H20Br2N4O. The lowest BCUT2D eigenvalue weighted by Crippen LogP contribution is -2.60. The van der Waals surface area contributed by atoms with Crippen LogP contribution in [0.2, 0.25) is 0 Å². The van der Waals surface area contributed by atoms with Gasteiger partial charge in [0.15, 0.2) is 0 Å². The molecule has 1 amide bonds. The van der Waals surface area contributed by atoms with Gasteiger partial charge >= 0.3 is 0 Å². The van der Waals surface area contributed by atoms with Crippen molar-refractivity contribution in [3.63, 3.8) is 0 Å². The van der Waals surface area contributed by atoms with Crippen molar-refractivity contribution in [1.82, 2.24) is 14.8 Å². The van der Waals surface area contributed by atoms with Crippen LogP contribution in [-0.2, 0) is 10.3 Å². The van der Waals surface area contributed by atoms with Gasteiger partial charge in [-0.25, -0.2) is 9.67 Å². The van der Waals surface area contributed by atoms with Gasteiger partial charge < -0.3 is 5.32 Å². The minimum atomic E-state index is -0.294. The summed E-state index contributed by atoms with van der Waals surface area (Å²) in [6, 6.07) is 7.83. The zero-order valence-electron chi connectivity index (χ0n) is 14.3. The summed E-state index contributed by atoms with van der Waals surface area (Å²) >= 11 is 6.92. The molecule has 5 nitrogen and oxygen atoms in total. The zero-order chi connectivity index (χ0) is 17.9. The fourth-order valence-electron chi connectivity index (χ4n) is 6.04. The largest absolute Gasteiger partial charge is 0.325 e. The van der Waals surface area contributed by atoms with Gasteiger partial charge in [-0.2, -0.15) is 0 Å². The number of carbonyl (C=O) groups is 1. The standard InChI is InChI=1S/C19H20Br2N4O/c20-14-3-1-2-4-15(14)23-16(26)18-6-12-5-13(7-18)9-19(8-12,10-18)25-11-22-17(21)24-25/h1-4,11-13H,5-10H2,(H,23,26)/t12-,13+,18?,19?. The molecule has 1 N–H and O–H groups in total. The fraction of sp³-hybridized carbons (Fsp3) is 0.526. The second kappa shape index (κ2) is 5.89. The van der Waals surface area contributed by atoms with Crippen LogP contribution in [0.25, 0.3) is 0 Å². The lowest BCUT2D eigenvalue weighted by Gasteiger charge is -2.60. The second-order valence-electron chi connectivity index (χ2n) is 8.36. The Morgan fingerprint density at radius 1 is 1.15 bits per heavy atom. The van der Waals surface area contributed by atoms with Crippen LogP contribution in [0.5, 0.6) is 0 Å². The van der Waals surface area contributed by atoms with Crippen LogP contribution >= 0.6 is 31.9 Å². The average molecular weight is 480 g/mol. The smallest absolute Gasteiger partial charge is 0.230 e. The van der Waals surface area contributed by atoms with E-state index >= 15 is 0 Å². The molecule has 1 heterocycles. The van der Waals surface area contributed by atoms with E-state index in [0.717, 1.165) is 42.3 Å². The first-order chi connectivity index (χ1) is 12.5. The van der Waals surface area contributed by atoms with Gasteiger partial charge in [-0.1, -0.05) is 12.1 Å². The van der Waals surface area contributed by atoms with Gasteiger partial charge in [-0.05, 0) is 94.4 Å². The van der Waals surface area contributed by atoms with E-state index in [2.05, 4.69) is 47.3 Å². The summed E-state index contributed by atoms with van der Waals surface area (Å²) in [4.78, 5) is 17.7. The number of nitrogens with one attached hydrogen (secondary N) is 1. The van der Waals surface area contributed by atoms with Crippen LogP contribution in [0.4, 0.5) is 5.69 Å². The molecule has 1 aromatic heterocycles. The molecule has 26 heavy (non-hydrogen) atoms. The number of aromatic nitrogens is 3. The first-order valence-electron chi connectivity index (χ1n) is 9.12. The molecular weight excluding hydrogens is 460 g/mol. The number of carbonyl (C=O) groups excluding carboxylic acids is 1. The predicted octanol–water partition coefficient (Wildman–Crippen LogP) is 4.74. The molecule has 7 heteroatoms. The monoisotopic (exact) mass is 478 g/mol. The molecule has 0 spiro atoms. The molecule has 4 atom stereocenters. The van der Waals surface area contributed by atoms with Gasteiger partial charge in [-0.3, -0.25) is 4.79 Å². The summed E-state index contributed by atoms with van der Waals surface area (Å²) in [5.41, 5.74) is 0.498. The Labute approximate surface area is 169 Å². The third-order valence-corrected chi connectivity index (χ3v) is 7.64. The van der Waals surface area contributed by atoms with E-state index in [9.17, 15) is 4.79 Å². The molecule has 4 bridgehead atoms. The molecule has 0 saturated heterocycles. The predicted molar refractivity (Wildman–Crippen MR) is 106 cm³/mol. The molecule has 2 aromatic rings. The molecule has 4 fully saturated rings. The maximum absolute atomic E-state index is 13.4. The molecule has 4 saturated carbocycles. The normalized spacial score (nSPS) is 34.8. The van der Waals surface area contributed by atoms with E-state index in [0.29, 0.717) is 16.6 Å². The number of amides is 1. The quantitative estimate of drug-likeness (QED) is 0.691. The SMILES string of the molecule is O=C(Nc1ccccc1Br)C12C[C@H]3C[C@@H](C1)CC(n1cnc(Br)n1)(C3)C2. The molecule has 0 aliphatic heterocycles. The zero-order valence-corrected chi connectivity index (χ0v) is 17.5. The fourth-order valence-corrected chi connectivity index (χ4v) is 6.68. The van der Waals surface area contributed by atoms with Crippen molar-refractivity contribution < 1.29 is 4.79 Å². The number of nitrogens with zero attached hydrogens (tertiary/aromatic N) is 3. The Bertz CT molecular complexity index is 866. The Morgan fingerprint density at radius 3 is 2.54 bits per heavy atom. The molecule has 0 radical (unpaired) electrons. The Balaban J connectivity index is 1.49. The number of benzene rings is 1. The molecule has 4 aliphatic rings. The van der Waals surface area contributed by atoms with E-state index in [1.54, 1.807) is 0 Å². The van der Waals surface area contributed by atoms with Gasteiger partial charge in [0.2, 0.25) is 10.6 Å². The summed E-state index contributed by atoms with van der Waals surface area (Å²) in [6.07, 6.45) is 8.17. The molecule has 6 rings (SSSR count). The molecule has 2 unspecified atom stereocenters.